The standard InChI is InChI=1S/C20H27NO6/c1-3-7-21-18(23)13-8-11(4-2)20(25)14(17(13)19(21)24)9-16(27-20)15-6-5-12(10-22)26-15/h5-6,11,13-14,16-17,22,25H,3-4,7-10H2,1-2H3/t11-,13-,14-,16-,17-,20+/m0/s1. The summed E-state index contributed by atoms with van der Waals surface area (Å²) in [6.45, 7) is 4.13. The van der Waals surface area contributed by atoms with Crippen LogP contribution in [0.5, 0.6) is 0 Å². The molecule has 1 aliphatic carbocycles. The molecular weight excluding hydrogens is 350 g/mol. The SMILES string of the molecule is CCCN1C(=O)[C@H]2[C@H](C[C@H](CC)[C@@]3(O)O[C@H](c4ccc(CO)o4)C[C@@H]23)C1=O. The lowest BCUT2D eigenvalue weighted by molar-refractivity contribution is -0.270. The fraction of sp³-hybridized carbons (Fsp3) is 0.700. The van der Waals surface area contributed by atoms with E-state index in [1.165, 1.54) is 4.90 Å². The number of aliphatic hydroxyl groups is 2. The fourth-order valence-corrected chi connectivity index (χ4v) is 5.29. The van der Waals surface area contributed by atoms with E-state index in [2.05, 4.69) is 0 Å². The lowest BCUT2D eigenvalue weighted by Gasteiger charge is -2.44. The number of likely N-dealkylation sites (tertiary alicyclic amines) is 1. The molecule has 0 aromatic carbocycles. The second kappa shape index (κ2) is 6.72. The highest BCUT2D eigenvalue weighted by molar-refractivity contribution is 6.05. The van der Waals surface area contributed by atoms with Crippen molar-refractivity contribution in [3.63, 3.8) is 0 Å². The van der Waals surface area contributed by atoms with Crippen molar-refractivity contribution in [2.75, 3.05) is 6.54 Å². The van der Waals surface area contributed by atoms with Crippen LogP contribution in [-0.2, 0) is 20.9 Å². The Morgan fingerprint density at radius 3 is 2.63 bits per heavy atom. The molecule has 0 spiro atoms. The molecule has 2 N–H and O–H groups in total. The molecule has 1 aromatic rings. The summed E-state index contributed by atoms with van der Waals surface area (Å²) < 4.78 is 11.7. The summed E-state index contributed by atoms with van der Waals surface area (Å²) >= 11 is 0. The zero-order chi connectivity index (χ0) is 19.3. The molecule has 0 bridgehead atoms. The van der Waals surface area contributed by atoms with E-state index in [1.807, 2.05) is 13.8 Å². The third-order valence-electron chi connectivity index (χ3n) is 6.55. The zero-order valence-corrected chi connectivity index (χ0v) is 15.8. The van der Waals surface area contributed by atoms with Crippen LogP contribution in [0.3, 0.4) is 0 Å². The van der Waals surface area contributed by atoms with Gasteiger partial charge in [0, 0.05) is 18.4 Å². The molecule has 2 aliphatic heterocycles. The van der Waals surface area contributed by atoms with E-state index in [-0.39, 0.29) is 30.3 Å². The number of ether oxygens (including phenoxy) is 1. The molecule has 0 radical (unpaired) electrons. The molecule has 2 saturated heterocycles. The highest BCUT2D eigenvalue weighted by Gasteiger charge is 2.66. The molecule has 4 rings (SSSR count). The number of imide groups is 1. The smallest absolute Gasteiger partial charge is 0.233 e. The van der Waals surface area contributed by atoms with Gasteiger partial charge in [0.1, 0.15) is 24.2 Å². The van der Waals surface area contributed by atoms with Gasteiger partial charge in [0.05, 0.1) is 11.8 Å². The Labute approximate surface area is 158 Å². The van der Waals surface area contributed by atoms with Crippen molar-refractivity contribution in [1.82, 2.24) is 4.90 Å². The number of carbonyl (C=O) groups excluding carboxylic acids is 2. The molecule has 7 heteroatoms. The minimum absolute atomic E-state index is 0.101. The van der Waals surface area contributed by atoms with Gasteiger partial charge >= 0.3 is 0 Å². The molecule has 6 atom stereocenters. The van der Waals surface area contributed by atoms with Crippen molar-refractivity contribution in [2.45, 2.75) is 58.0 Å². The minimum Gasteiger partial charge on any atom is -0.461 e. The molecule has 3 heterocycles. The Balaban J connectivity index is 1.67. The maximum Gasteiger partial charge on any atom is 0.233 e. The Morgan fingerprint density at radius 1 is 1.22 bits per heavy atom. The number of nitrogens with zero attached hydrogens (tertiary/aromatic N) is 1. The number of furan rings is 1. The van der Waals surface area contributed by atoms with Gasteiger partial charge in [-0.25, -0.2) is 0 Å². The summed E-state index contributed by atoms with van der Waals surface area (Å²) in [6, 6.07) is 3.42. The van der Waals surface area contributed by atoms with Crippen molar-refractivity contribution in [1.29, 1.82) is 0 Å². The third-order valence-corrected chi connectivity index (χ3v) is 6.55. The molecule has 1 aromatic heterocycles. The van der Waals surface area contributed by atoms with Crippen LogP contribution in [-0.4, -0.2) is 39.3 Å². The largest absolute Gasteiger partial charge is 0.461 e. The highest BCUT2D eigenvalue weighted by Crippen LogP contribution is 2.58. The molecule has 3 aliphatic rings. The van der Waals surface area contributed by atoms with Crippen LogP contribution < -0.4 is 0 Å². The topological polar surface area (TPSA) is 100 Å². The number of aliphatic hydroxyl groups excluding tert-OH is 1. The van der Waals surface area contributed by atoms with Crippen LogP contribution in [0.15, 0.2) is 16.5 Å². The van der Waals surface area contributed by atoms with Crippen molar-refractivity contribution in [3.8, 4) is 0 Å². The van der Waals surface area contributed by atoms with Gasteiger partial charge in [0.15, 0.2) is 5.79 Å². The van der Waals surface area contributed by atoms with Gasteiger partial charge in [-0.3, -0.25) is 14.5 Å². The Bertz CT molecular complexity index is 745. The van der Waals surface area contributed by atoms with Gasteiger partial charge in [-0.15, -0.1) is 0 Å². The highest BCUT2D eigenvalue weighted by atomic mass is 16.6. The van der Waals surface area contributed by atoms with Crippen LogP contribution in [0.25, 0.3) is 0 Å². The van der Waals surface area contributed by atoms with E-state index in [4.69, 9.17) is 9.15 Å². The van der Waals surface area contributed by atoms with Crippen LogP contribution in [0, 0.1) is 23.7 Å². The van der Waals surface area contributed by atoms with E-state index in [0.29, 0.717) is 37.3 Å². The average molecular weight is 377 g/mol. The summed E-state index contributed by atoms with van der Waals surface area (Å²) in [7, 11) is 0. The summed E-state index contributed by atoms with van der Waals surface area (Å²) in [6.07, 6.45) is 1.78. The normalized spacial score (nSPS) is 38.4. The van der Waals surface area contributed by atoms with Crippen molar-refractivity contribution in [3.05, 3.63) is 23.7 Å². The maximum atomic E-state index is 13.0. The second-order valence-electron chi connectivity index (χ2n) is 7.96. The quantitative estimate of drug-likeness (QED) is 0.761. The molecule has 2 amide bonds. The van der Waals surface area contributed by atoms with Crippen LogP contribution in [0.4, 0.5) is 0 Å². The summed E-state index contributed by atoms with van der Waals surface area (Å²) in [5, 5.41) is 20.7. The summed E-state index contributed by atoms with van der Waals surface area (Å²) in [5.74, 6) is -2.30. The van der Waals surface area contributed by atoms with Crippen LogP contribution >= 0.6 is 0 Å². The lowest BCUT2D eigenvalue weighted by atomic mass is 9.64. The van der Waals surface area contributed by atoms with Gasteiger partial charge in [-0.2, -0.15) is 0 Å². The first-order valence-electron chi connectivity index (χ1n) is 9.89. The molecule has 1 saturated carbocycles. The zero-order valence-electron chi connectivity index (χ0n) is 15.8. The predicted octanol–water partition coefficient (Wildman–Crippen LogP) is 1.98. The molecule has 0 unspecified atom stereocenters. The van der Waals surface area contributed by atoms with E-state index in [0.717, 1.165) is 6.42 Å². The second-order valence-corrected chi connectivity index (χ2v) is 7.96. The van der Waals surface area contributed by atoms with Gasteiger partial charge < -0.3 is 19.4 Å². The lowest BCUT2D eigenvalue weighted by Crippen LogP contribution is -2.53. The van der Waals surface area contributed by atoms with Gasteiger partial charge in [-0.1, -0.05) is 13.8 Å². The third kappa shape index (κ3) is 2.67. The minimum atomic E-state index is -1.44. The summed E-state index contributed by atoms with van der Waals surface area (Å²) in [4.78, 5) is 27.2. The molecule has 7 nitrogen and oxygen atoms in total. The van der Waals surface area contributed by atoms with Crippen LogP contribution in [0.1, 0.15) is 57.2 Å². The van der Waals surface area contributed by atoms with E-state index in [9.17, 15) is 19.8 Å². The van der Waals surface area contributed by atoms with E-state index in [1.54, 1.807) is 12.1 Å². The molecular formula is C20H27NO6. The fourth-order valence-electron chi connectivity index (χ4n) is 5.29. The van der Waals surface area contributed by atoms with E-state index < -0.39 is 23.7 Å². The number of amides is 2. The first kappa shape index (κ1) is 18.7. The van der Waals surface area contributed by atoms with Crippen molar-refractivity contribution >= 4 is 11.8 Å². The predicted molar refractivity (Wildman–Crippen MR) is 93.9 cm³/mol. The Morgan fingerprint density at radius 2 is 2.00 bits per heavy atom. The first-order chi connectivity index (χ1) is 12.9. The number of fused-ring (bicyclic) bond motifs is 3. The van der Waals surface area contributed by atoms with E-state index >= 15 is 0 Å². The molecule has 27 heavy (non-hydrogen) atoms. The van der Waals surface area contributed by atoms with Crippen molar-refractivity contribution < 1.29 is 29.0 Å². The molecule has 148 valence electrons. The van der Waals surface area contributed by atoms with Gasteiger partial charge in [0.2, 0.25) is 11.8 Å². The average Bonchev–Trinajstić information content (AvgIpc) is 3.32. The first-order valence-corrected chi connectivity index (χ1v) is 9.89. The molecule has 3 fully saturated rings. The van der Waals surface area contributed by atoms with Crippen molar-refractivity contribution in [2.24, 2.45) is 23.7 Å². The number of hydrogen-bond donors (Lipinski definition) is 2. The Hall–Kier alpha value is -1.70. The monoisotopic (exact) mass is 377 g/mol. The van der Waals surface area contributed by atoms with Crippen LogP contribution in [0.2, 0.25) is 0 Å². The number of rotatable bonds is 5. The summed E-state index contributed by atoms with van der Waals surface area (Å²) in [5.41, 5.74) is 0. The maximum absolute atomic E-state index is 13.0. The number of hydrogen-bond acceptors (Lipinski definition) is 6. The van der Waals surface area contributed by atoms with Gasteiger partial charge in [0.25, 0.3) is 0 Å². The Kier molecular flexibility index (Phi) is 4.64. The van der Waals surface area contributed by atoms with Gasteiger partial charge in [-0.05, 0) is 37.8 Å². The number of carbonyl (C=O) groups is 2.